The molecule has 0 aliphatic heterocycles. The Bertz CT molecular complexity index is 1310. The highest BCUT2D eigenvalue weighted by Gasteiger charge is 2.21. The number of rotatable bonds is 1. The van der Waals surface area contributed by atoms with Crippen LogP contribution >= 0.6 is 0 Å². The Morgan fingerprint density at radius 1 is 0.615 bits per heavy atom. The molecule has 0 saturated carbocycles. The van der Waals surface area contributed by atoms with E-state index in [1.165, 1.54) is 55.2 Å². The third-order valence-electron chi connectivity index (χ3n) is 5.66. The number of fused-ring (bicyclic) bond motifs is 6. The van der Waals surface area contributed by atoms with E-state index in [2.05, 4.69) is 89.9 Å². The average Bonchev–Trinajstić information content (AvgIpc) is 3.29. The van der Waals surface area contributed by atoms with Gasteiger partial charge in [0.25, 0.3) is 0 Å². The molecule has 1 heteroatoms. The minimum absolute atomic E-state index is 1.01. The third kappa shape index (κ3) is 1.86. The van der Waals surface area contributed by atoms with Crippen LogP contribution in [0.4, 0.5) is 0 Å². The molecule has 0 fully saturated rings. The van der Waals surface area contributed by atoms with Crippen molar-refractivity contribution < 1.29 is 0 Å². The van der Waals surface area contributed by atoms with E-state index in [0.29, 0.717) is 0 Å². The lowest BCUT2D eigenvalue weighted by molar-refractivity contribution is 1.26. The number of benzene rings is 4. The highest BCUT2D eigenvalue weighted by Crippen LogP contribution is 2.42. The maximum absolute atomic E-state index is 3.71. The molecule has 1 aromatic heterocycles. The molecular weight excluding hydrogens is 314 g/mol. The van der Waals surface area contributed by atoms with Crippen LogP contribution in [-0.2, 0) is 6.42 Å². The Morgan fingerprint density at radius 3 is 2.38 bits per heavy atom. The minimum atomic E-state index is 1.01. The lowest BCUT2D eigenvalue weighted by Crippen LogP contribution is -1.87. The van der Waals surface area contributed by atoms with Crippen LogP contribution in [-0.4, -0.2) is 4.98 Å². The molecule has 0 saturated heterocycles. The Balaban J connectivity index is 1.60. The van der Waals surface area contributed by atoms with Crippen LogP contribution in [0.5, 0.6) is 0 Å². The number of H-pyrrole nitrogens is 1. The van der Waals surface area contributed by atoms with Crippen LogP contribution in [0.1, 0.15) is 11.1 Å². The van der Waals surface area contributed by atoms with Crippen LogP contribution in [0, 0.1) is 0 Å². The lowest BCUT2D eigenvalue weighted by atomic mass is 9.99. The molecule has 6 rings (SSSR count). The molecule has 1 aliphatic carbocycles. The van der Waals surface area contributed by atoms with Gasteiger partial charge in [0.2, 0.25) is 0 Å². The van der Waals surface area contributed by atoms with E-state index in [0.717, 1.165) is 6.42 Å². The summed E-state index contributed by atoms with van der Waals surface area (Å²) in [4.78, 5) is 3.71. The summed E-state index contributed by atoms with van der Waals surface area (Å²) in [6.45, 7) is 0. The Labute approximate surface area is 151 Å². The van der Waals surface area contributed by atoms with Crippen molar-refractivity contribution in [1.29, 1.82) is 0 Å². The standard InChI is InChI=1S/C25H17N/c1-4-9-20-16(6-1)12-13-18-15-24(26-25(18)20)22-11-5-10-21-19-8-3-2-7-17(19)14-23(21)22/h1-13,15,26H,14H2. The van der Waals surface area contributed by atoms with Gasteiger partial charge in [0.1, 0.15) is 0 Å². The van der Waals surface area contributed by atoms with E-state index >= 15 is 0 Å². The van der Waals surface area contributed by atoms with Gasteiger partial charge in [-0.05, 0) is 40.1 Å². The van der Waals surface area contributed by atoms with Crippen molar-refractivity contribution >= 4 is 21.7 Å². The van der Waals surface area contributed by atoms with Crippen molar-refractivity contribution in [2.45, 2.75) is 6.42 Å². The van der Waals surface area contributed by atoms with Gasteiger partial charge >= 0.3 is 0 Å². The van der Waals surface area contributed by atoms with Gasteiger partial charge in [0.15, 0.2) is 0 Å². The van der Waals surface area contributed by atoms with Crippen molar-refractivity contribution in [1.82, 2.24) is 4.98 Å². The van der Waals surface area contributed by atoms with Gasteiger partial charge in [-0.3, -0.25) is 0 Å². The van der Waals surface area contributed by atoms with E-state index in [9.17, 15) is 0 Å². The number of hydrogen-bond acceptors (Lipinski definition) is 0. The first-order chi connectivity index (χ1) is 12.9. The second kappa shape index (κ2) is 5.09. The summed E-state index contributed by atoms with van der Waals surface area (Å²) < 4.78 is 0. The monoisotopic (exact) mass is 331 g/mol. The van der Waals surface area contributed by atoms with Crippen LogP contribution in [0.3, 0.4) is 0 Å². The van der Waals surface area contributed by atoms with Crippen molar-refractivity contribution in [2.75, 3.05) is 0 Å². The SMILES string of the molecule is c1ccc2c(c1)Cc1c(-c3cc4ccc5ccccc5c4[nH]3)cccc1-2. The van der Waals surface area contributed by atoms with Gasteiger partial charge in [0, 0.05) is 22.0 Å². The van der Waals surface area contributed by atoms with Crippen molar-refractivity contribution in [3.05, 3.63) is 96.1 Å². The maximum Gasteiger partial charge on any atom is 0.0538 e. The summed E-state index contributed by atoms with van der Waals surface area (Å²) in [6, 6.07) is 30.7. The minimum Gasteiger partial charge on any atom is -0.354 e. The first-order valence-electron chi connectivity index (χ1n) is 9.09. The highest BCUT2D eigenvalue weighted by molar-refractivity contribution is 6.07. The van der Waals surface area contributed by atoms with Gasteiger partial charge in [-0.2, -0.15) is 0 Å². The second-order valence-corrected chi connectivity index (χ2v) is 7.10. The molecule has 1 nitrogen and oxygen atoms in total. The van der Waals surface area contributed by atoms with Gasteiger partial charge in [-0.15, -0.1) is 0 Å². The summed E-state index contributed by atoms with van der Waals surface area (Å²) in [6.07, 6.45) is 1.01. The summed E-state index contributed by atoms with van der Waals surface area (Å²) in [5, 5.41) is 3.83. The fraction of sp³-hybridized carbons (Fsp3) is 0.0400. The molecule has 26 heavy (non-hydrogen) atoms. The maximum atomic E-state index is 3.71. The predicted octanol–water partition coefficient (Wildman–Crippen LogP) is 6.56. The van der Waals surface area contributed by atoms with Gasteiger partial charge < -0.3 is 4.98 Å². The normalized spacial score (nSPS) is 12.5. The van der Waals surface area contributed by atoms with Crippen LogP contribution in [0.2, 0.25) is 0 Å². The van der Waals surface area contributed by atoms with E-state index in [-0.39, 0.29) is 0 Å². The Kier molecular flexibility index (Phi) is 2.72. The van der Waals surface area contributed by atoms with Crippen LogP contribution in [0.15, 0.2) is 84.9 Å². The molecule has 122 valence electrons. The summed E-state index contributed by atoms with van der Waals surface area (Å²) in [7, 11) is 0. The number of aromatic nitrogens is 1. The van der Waals surface area contributed by atoms with E-state index < -0.39 is 0 Å². The molecule has 0 bridgehead atoms. The quantitative estimate of drug-likeness (QED) is 0.351. The topological polar surface area (TPSA) is 15.8 Å². The van der Waals surface area contributed by atoms with Gasteiger partial charge in [-0.25, -0.2) is 0 Å². The second-order valence-electron chi connectivity index (χ2n) is 7.10. The molecule has 0 spiro atoms. The van der Waals surface area contributed by atoms with Crippen LogP contribution in [0.25, 0.3) is 44.1 Å². The number of hydrogen-bond donors (Lipinski definition) is 1. The zero-order valence-electron chi connectivity index (χ0n) is 14.3. The fourth-order valence-electron chi connectivity index (χ4n) is 4.43. The summed E-state index contributed by atoms with van der Waals surface area (Å²) >= 11 is 0. The molecule has 5 aromatic rings. The molecule has 4 aromatic carbocycles. The van der Waals surface area contributed by atoms with E-state index in [4.69, 9.17) is 0 Å². The van der Waals surface area contributed by atoms with Gasteiger partial charge in [0.05, 0.1) is 5.52 Å². The number of aromatic amines is 1. The zero-order chi connectivity index (χ0) is 17.1. The van der Waals surface area contributed by atoms with E-state index in [1.54, 1.807) is 0 Å². The zero-order valence-corrected chi connectivity index (χ0v) is 14.3. The molecule has 0 atom stereocenters. The van der Waals surface area contributed by atoms with Gasteiger partial charge in [-0.1, -0.05) is 78.9 Å². The largest absolute Gasteiger partial charge is 0.354 e. The molecule has 1 heterocycles. The summed E-state index contributed by atoms with van der Waals surface area (Å²) in [5.74, 6) is 0. The Hall–Kier alpha value is -3.32. The smallest absolute Gasteiger partial charge is 0.0538 e. The summed E-state index contributed by atoms with van der Waals surface area (Å²) in [5.41, 5.74) is 9.37. The molecule has 0 unspecified atom stereocenters. The Morgan fingerprint density at radius 2 is 1.38 bits per heavy atom. The number of nitrogens with one attached hydrogen (secondary N) is 1. The van der Waals surface area contributed by atoms with Crippen LogP contribution < -0.4 is 0 Å². The molecular formula is C25H17N. The molecule has 1 N–H and O–H groups in total. The van der Waals surface area contributed by atoms with Crippen molar-refractivity contribution in [3.8, 4) is 22.4 Å². The molecule has 0 radical (unpaired) electrons. The van der Waals surface area contributed by atoms with E-state index in [1.807, 2.05) is 0 Å². The molecule has 0 amide bonds. The molecule has 1 aliphatic rings. The van der Waals surface area contributed by atoms with Crippen molar-refractivity contribution in [2.24, 2.45) is 0 Å². The fourth-order valence-corrected chi connectivity index (χ4v) is 4.43. The average molecular weight is 331 g/mol. The highest BCUT2D eigenvalue weighted by atomic mass is 14.7. The predicted molar refractivity (Wildman–Crippen MR) is 109 cm³/mol. The lowest BCUT2D eigenvalue weighted by Gasteiger charge is -2.07. The van der Waals surface area contributed by atoms with Crippen molar-refractivity contribution in [3.63, 3.8) is 0 Å². The third-order valence-corrected chi connectivity index (χ3v) is 5.66. The first-order valence-corrected chi connectivity index (χ1v) is 9.09. The first kappa shape index (κ1) is 13.9.